The Morgan fingerprint density at radius 1 is 1.14 bits per heavy atom. The molecule has 1 fully saturated rings. The maximum Gasteiger partial charge on any atom is 0.104 e. The molecular weight excluding hydrogens is 177 g/mol. The number of alkyl halides is 1. The van der Waals surface area contributed by atoms with Crippen LogP contribution in [0.1, 0.15) is 46.0 Å². The Morgan fingerprint density at radius 3 is 2.07 bits per heavy atom. The summed E-state index contributed by atoms with van der Waals surface area (Å²) in [6.45, 7) is 5.04. The maximum atomic E-state index is 13.5. The molecule has 1 unspecified atom stereocenters. The molecule has 0 aromatic heterocycles. The fourth-order valence-electron chi connectivity index (χ4n) is 2.57. The van der Waals surface area contributed by atoms with E-state index in [1.165, 1.54) is 12.8 Å². The highest BCUT2D eigenvalue weighted by Crippen LogP contribution is 2.36. The van der Waals surface area contributed by atoms with Gasteiger partial charge in [0.25, 0.3) is 0 Å². The van der Waals surface area contributed by atoms with Gasteiger partial charge in [-0.1, -0.05) is 13.8 Å². The summed E-state index contributed by atoms with van der Waals surface area (Å²) in [5.74, 6) is 1.90. The summed E-state index contributed by atoms with van der Waals surface area (Å²) in [6, 6.07) is 0. The van der Waals surface area contributed by atoms with Crippen molar-refractivity contribution in [2.45, 2.75) is 52.1 Å². The zero-order chi connectivity index (χ0) is 10.6. The van der Waals surface area contributed by atoms with Gasteiger partial charge >= 0.3 is 0 Å². The minimum Gasteiger partial charge on any atom is -0.330 e. The quantitative estimate of drug-likeness (QED) is 0.743. The fourth-order valence-corrected chi connectivity index (χ4v) is 2.57. The summed E-state index contributed by atoms with van der Waals surface area (Å²) in [7, 11) is 0. The van der Waals surface area contributed by atoms with E-state index >= 15 is 0 Å². The number of hydrogen-bond acceptors (Lipinski definition) is 1. The number of hydrogen-bond donors (Lipinski definition) is 1. The van der Waals surface area contributed by atoms with Crippen molar-refractivity contribution in [1.82, 2.24) is 0 Å². The predicted molar refractivity (Wildman–Crippen MR) is 58.9 cm³/mol. The van der Waals surface area contributed by atoms with Crippen LogP contribution in [0.15, 0.2) is 0 Å². The lowest BCUT2D eigenvalue weighted by atomic mass is 9.75. The van der Waals surface area contributed by atoms with Crippen molar-refractivity contribution in [3.63, 3.8) is 0 Å². The van der Waals surface area contributed by atoms with Crippen LogP contribution in [-0.4, -0.2) is 12.7 Å². The van der Waals surface area contributed by atoms with Crippen molar-refractivity contribution in [1.29, 1.82) is 0 Å². The summed E-state index contributed by atoms with van der Waals surface area (Å²) < 4.78 is 13.5. The van der Waals surface area contributed by atoms with Crippen LogP contribution in [0.2, 0.25) is 0 Å². The van der Waals surface area contributed by atoms with Gasteiger partial charge in [-0.3, -0.25) is 0 Å². The second-order valence-electron chi connectivity index (χ2n) is 5.01. The van der Waals surface area contributed by atoms with Crippen LogP contribution in [0.5, 0.6) is 0 Å². The fraction of sp³-hybridized carbons (Fsp3) is 1.00. The highest BCUT2D eigenvalue weighted by Gasteiger charge is 2.28. The predicted octanol–water partition coefficient (Wildman–Crippen LogP) is 3.14. The molecule has 2 heteroatoms. The average Bonchev–Trinajstić information content (AvgIpc) is 2.18. The highest BCUT2D eigenvalue weighted by atomic mass is 19.1. The van der Waals surface area contributed by atoms with Crippen LogP contribution in [0.3, 0.4) is 0 Å². The Bertz CT molecular complexity index is 150. The number of nitrogens with two attached hydrogens (primary N) is 1. The summed E-state index contributed by atoms with van der Waals surface area (Å²) in [4.78, 5) is 0. The van der Waals surface area contributed by atoms with E-state index in [1.54, 1.807) is 0 Å². The molecule has 0 aromatic rings. The minimum atomic E-state index is -0.645. The third kappa shape index (κ3) is 3.23. The first-order chi connectivity index (χ1) is 6.65. The second kappa shape index (κ2) is 5.69. The first-order valence-electron chi connectivity index (χ1n) is 5.99. The lowest BCUT2D eigenvalue weighted by molar-refractivity contribution is 0.134. The molecule has 0 amide bonds. The van der Waals surface area contributed by atoms with Crippen molar-refractivity contribution in [3.05, 3.63) is 0 Å². The molecule has 0 spiro atoms. The van der Waals surface area contributed by atoms with E-state index in [0.29, 0.717) is 18.9 Å². The summed E-state index contributed by atoms with van der Waals surface area (Å²) in [6.07, 6.45) is 4.49. The number of rotatable bonds is 4. The van der Waals surface area contributed by atoms with Crippen LogP contribution in [0.4, 0.5) is 4.39 Å². The zero-order valence-corrected chi connectivity index (χ0v) is 9.51. The summed E-state index contributed by atoms with van der Waals surface area (Å²) >= 11 is 0. The highest BCUT2D eigenvalue weighted by molar-refractivity contribution is 4.79. The van der Waals surface area contributed by atoms with Gasteiger partial charge in [0.05, 0.1) is 0 Å². The van der Waals surface area contributed by atoms with Gasteiger partial charge < -0.3 is 5.73 Å². The van der Waals surface area contributed by atoms with Crippen molar-refractivity contribution in [2.24, 2.45) is 23.5 Å². The molecule has 14 heavy (non-hydrogen) atoms. The van der Waals surface area contributed by atoms with E-state index in [-0.39, 0.29) is 0 Å². The Morgan fingerprint density at radius 2 is 1.64 bits per heavy atom. The van der Waals surface area contributed by atoms with Gasteiger partial charge in [0.1, 0.15) is 6.17 Å². The van der Waals surface area contributed by atoms with Crippen molar-refractivity contribution >= 4 is 0 Å². The molecule has 1 nitrogen and oxygen atoms in total. The zero-order valence-electron chi connectivity index (χ0n) is 9.51. The lowest BCUT2D eigenvalue weighted by Gasteiger charge is -2.32. The second-order valence-corrected chi connectivity index (χ2v) is 5.01. The molecule has 0 saturated heterocycles. The summed E-state index contributed by atoms with van der Waals surface area (Å²) in [5.41, 5.74) is 5.37. The van der Waals surface area contributed by atoms with Gasteiger partial charge in [-0.25, -0.2) is 4.39 Å². The Kier molecular flexibility index (Phi) is 4.86. The Balaban J connectivity index is 2.28. The van der Waals surface area contributed by atoms with Gasteiger partial charge in [-0.2, -0.15) is 0 Å². The molecule has 0 bridgehead atoms. The monoisotopic (exact) mass is 201 g/mol. The molecule has 0 heterocycles. The van der Waals surface area contributed by atoms with Gasteiger partial charge in [-0.05, 0) is 56.4 Å². The van der Waals surface area contributed by atoms with Gasteiger partial charge in [-0.15, -0.1) is 0 Å². The van der Waals surface area contributed by atoms with Crippen LogP contribution < -0.4 is 5.73 Å². The first-order valence-corrected chi connectivity index (χ1v) is 5.99. The van der Waals surface area contributed by atoms with Crippen molar-refractivity contribution in [3.8, 4) is 0 Å². The van der Waals surface area contributed by atoms with Gasteiger partial charge in [0.15, 0.2) is 0 Å². The van der Waals surface area contributed by atoms with Crippen molar-refractivity contribution < 1.29 is 4.39 Å². The molecule has 1 saturated carbocycles. The minimum absolute atomic E-state index is 0.300. The van der Waals surface area contributed by atoms with Gasteiger partial charge in [0, 0.05) is 0 Å². The Hall–Kier alpha value is -0.110. The molecule has 1 aliphatic rings. The normalized spacial score (nSPS) is 30.6. The maximum absolute atomic E-state index is 13.5. The van der Waals surface area contributed by atoms with E-state index < -0.39 is 6.17 Å². The smallest absolute Gasteiger partial charge is 0.104 e. The molecule has 0 aliphatic heterocycles. The molecule has 1 rings (SSSR count). The standard InChI is InChI=1S/C12H24FN/c1-9(2)10-3-5-11(6-4-10)12(13)7-8-14/h9-12H,3-8,14H2,1-2H3. The number of halogens is 1. The third-order valence-electron chi connectivity index (χ3n) is 3.71. The molecule has 0 radical (unpaired) electrons. The molecule has 1 atom stereocenters. The van der Waals surface area contributed by atoms with E-state index in [1.807, 2.05) is 0 Å². The largest absolute Gasteiger partial charge is 0.330 e. The molecule has 1 aliphatic carbocycles. The van der Waals surface area contributed by atoms with Crippen LogP contribution in [0, 0.1) is 17.8 Å². The van der Waals surface area contributed by atoms with E-state index in [9.17, 15) is 4.39 Å². The molecule has 0 aromatic carbocycles. The van der Waals surface area contributed by atoms with E-state index in [4.69, 9.17) is 5.73 Å². The lowest BCUT2D eigenvalue weighted by Crippen LogP contribution is -2.26. The molecule has 2 N–H and O–H groups in total. The van der Waals surface area contributed by atoms with Crippen LogP contribution in [-0.2, 0) is 0 Å². The third-order valence-corrected chi connectivity index (χ3v) is 3.71. The SMILES string of the molecule is CC(C)C1CCC(C(F)CCN)CC1. The summed E-state index contributed by atoms with van der Waals surface area (Å²) in [5, 5.41) is 0. The van der Waals surface area contributed by atoms with Crippen molar-refractivity contribution in [2.75, 3.05) is 6.54 Å². The molecular formula is C12H24FN. The van der Waals surface area contributed by atoms with E-state index in [0.717, 1.165) is 24.7 Å². The van der Waals surface area contributed by atoms with Crippen LogP contribution in [0.25, 0.3) is 0 Å². The van der Waals surface area contributed by atoms with Gasteiger partial charge in [0.2, 0.25) is 0 Å². The average molecular weight is 201 g/mol. The first kappa shape index (κ1) is 12.0. The molecule has 84 valence electrons. The van der Waals surface area contributed by atoms with E-state index in [2.05, 4.69) is 13.8 Å². The topological polar surface area (TPSA) is 26.0 Å². The van der Waals surface area contributed by atoms with Crippen LogP contribution >= 0.6 is 0 Å². The Labute approximate surface area is 87.3 Å².